The van der Waals surface area contributed by atoms with Gasteiger partial charge in [0.2, 0.25) is 10.0 Å². The van der Waals surface area contributed by atoms with E-state index in [-0.39, 0.29) is 35.3 Å². The van der Waals surface area contributed by atoms with E-state index in [2.05, 4.69) is 5.32 Å². The number of hydrogen-bond acceptors (Lipinski definition) is 6. The topological polar surface area (TPSA) is 94.2 Å². The first-order valence-corrected chi connectivity index (χ1v) is 12.1. The summed E-state index contributed by atoms with van der Waals surface area (Å²) in [4.78, 5) is 12.7. The molecule has 0 unspecified atom stereocenters. The predicted octanol–water partition coefficient (Wildman–Crippen LogP) is 3.08. The summed E-state index contributed by atoms with van der Waals surface area (Å²) >= 11 is 0. The molecule has 32 heavy (non-hydrogen) atoms. The molecule has 3 rings (SSSR count). The molecular formula is C23H30N2O6S. The van der Waals surface area contributed by atoms with Gasteiger partial charge in [0, 0.05) is 18.7 Å². The molecule has 1 N–H and O–H groups in total. The van der Waals surface area contributed by atoms with Crippen LogP contribution in [0.2, 0.25) is 0 Å². The molecule has 0 spiro atoms. The third-order valence-electron chi connectivity index (χ3n) is 5.32. The first-order valence-electron chi connectivity index (χ1n) is 10.7. The Morgan fingerprint density at radius 3 is 2.25 bits per heavy atom. The van der Waals surface area contributed by atoms with E-state index in [0.29, 0.717) is 24.6 Å². The summed E-state index contributed by atoms with van der Waals surface area (Å²) in [6.45, 7) is 1.43. The molecule has 1 fully saturated rings. The molecule has 9 heteroatoms. The number of methoxy groups -OCH3 is 2. The second-order valence-corrected chi connectivity index (χ2v) is 9.35. The number of nitrogens with zero attached hydrogens (tertiary/aromatic N) is 1. The quantitative estimate of drug-likeness (QED) is 0.576. The molecule has 1 aliphatic heterocycles. The molecule has 0 aromatic heterocycles. The number of ether oxygens (including phenoxy) is 3. The minimum atomic E-state index is -3.76. The lowest BCUT2D eigenvalue weighted by molar-refractivity contribution is 0.0946. The molecule has 8 nitrogen and oxygen atoms in total. The van der Waals surface area contributed by atoms with Gasteiger partial charge in [-0.25, -0.2) is 8.42 Å². The zero-order valence-electron chi connectivity index (χ0n) is 18.5. The molecule has 1 heterocycles. The van der Waals surface area contributed by atoms with Gasteiger partial charge in [-0.05, 0) is 43.2 Å². The van der Waals surface area contributed by atoms with Crippen LogP contribution >= 0.6 is 0 Å². The first-order chi connectivity index (χ1) is 15.5. The van der Waals surface area contributed by atoms with Crippen molar-refractivity contribution in [2.24, 2.45) is 0 Å². The van der Waals surface area contributed by atoms with E-state index in [9.17, 15) is 13.2 Å². The van der Waals surface area contributed by atoms with E-state index in [0.717, 1.165) is 25.7 Å². The fourth-order valence-electron chi connectivity index (χ4n) is 3.61. The highest BCUT2D eigenvalue weighted by molar-refractivity contribution is 7.89. The smallest absolute Gasteiger partial charge is 0.251 e. The lowest BCUT2D eigenvalue weighted by Gasteiger charge is -2.21. The molecule has 0 radical (unpaired) electrons. The maximum absolute atomic E-state index is 13.3. The fourth-order valence-corrected chi connectivity index (χ4v) is 5.30. The van der Waals surface area contributed by atoms with Crippen molar-refractivity contribution >= 4 is 15.9 Å². The first kappa shape index (κ1) is 23.9. The number of rotatable bonds is 9. The highest BCUT2D eigenvalue weighted by Gasteiger charge is 2.29. The molecule has 1 aliphatic rings. The van der Waals surface area contributed by atoms with Gasteiger partial charge in [0.05, 0.1) is 20.8 Å². The highest BCUT2D eigenvalue weighted by atomic mass is 32.2. The summed E-state index contributed by atoms with van der Waals surface area (Å²) in [5.41, 5.74) is 0.247. The minimum absolute atomic E-state index is 0.0137. The van der Waals surface area contributed by atoms with Crippen molar-refractivity contribution in [3.8, 4) is 17.2 Å². The van der Waals surface area contributed by atoms with E-state index < -0.39 is 10.0 Å². The summed E-state index contributed by atoms with van der Waals surface area (Å²) < 4.78 is 44.2. The van der Waals surface area contributed by atoms with Crippen LogP contribution in [0.4, 0.5) is 0 Å². The molecule has 0 aliphatic carbocycles. The maximum Gasteiger partial charge on any atom is 0.251 e. The molecule has 2 aromatic carbocycles. The number of nitrogens with one attached hydrogen (secondary N) is 1. The van der Waals surface area contributed by atoms with Crippen molar-refractivity contribution in [2.45, 2.75) is 30.6 Å². The van der Waals surface area contributed by atoms with Gasteiger partial charge in [-0.3, -0.25) is 4.79 Å². The van der Waals surface area contributed by atoms with Gasteiger partial charge in [0.15, 0.2) is 11.5 Å². The Bertz CT molecular complexity index is 1020. The standard InChI is InChI=1S/C23H30N2O6S/c1-29-19-9-5-6-10-20(19)31-16-13-24-23(26)18-11-12-21(30-2)22(17-18)32(27,28)25-14-7-3-4-8-15-25/h5-6,9-12,17H,3-4,7-8,13-16H2,1-2H3,(H,24,26). The summed E-state index contributed by atoms with van der Waals surface area (Å²) in [6.07, 6.45) is 3.69. The van der Waals surface area contributed by atoms with Crippen molar-refractivity contribution in [3.63, 3.8) is 0 Å². The predicted molar refractivity (Wildman–Crippen MR) is 121 cm³/mol. The Morgan fingerprint density at radius 2 is 1.59 bits per heavy atom. The zero-order valence-corrected chi connectivity index (χ0v) is 19.3. The third kappa shape index (κ3) is 5.72. The number of amides is 1. The fraction of sp³-hybridized carbons (Fsp3) is 0.435. The Hall–Kier alpha value is -2.78. The monoisotopic (exact) mass is 462 g/mol. The third-order valence-corrected chi connectivity index (χ3v) is 7.24. The number of hydrogen-bond donors (Lipinski definition) is 1. The van der Waals surface area contributed by atoms with Gasteiger partial charge in [-0.15, -0.1) is 0 Å². The number of sulfonamides is 1. The van der Waals surface area contributed by atoms with Gasteiger partial charge in [0.25, 0.3) is 5.91 Å². The summed E-state index contributed by atoms with van der Waals surface area (Å²) in [5.74, 6) is 1.03. The summed E-state index contributed by atoms with van der Waals surface area (Å²) in [7, 11) is -0.781. The SMILES string of the molecule is COc1ccccc1OCCNC(=O)c1ccc(OC)c(S(=O)(=O)N2CCCCCC2)c1. The maximum atomic E-state index is 13.3. The zero-order chi connectivity index (χ0) is 23.0. The number of benzene rings is 2. The summed E-state index contributed by atoms with van der Waals surface area (Å²) in [5, 5.41) is 2.76. The van der Waals surface area contributed by atoms with Crippen molar-refractivity contribution in [2.75, 3.05) is 40.5 Å². The molecule has 174 valence electrons. The molecule has 2 aromatic rings. The minimum Gasteiger partial charge on any atom is -0.495 e. The van der Waals surface area contributed by atoms with Crippen molar-refractivity contribution < 1.29 is 27.4 Å². The summed E-state index contributed by atoms with van der Waals surface area (Å²) in [6, 6.07) is 11.7. The van der Waals surface area contributed by atoms with E-state index in [1.165, 1.54) is 23.5 Å². The molecule has 0 atom stereocenters. The Kier molecular flexibility index (Phi) is 8.35. The average Bonchev–Trinajstić information content (AvgIpc) is 3.12. The van der Waals surface area contributed by atoms with E-state index in [1.54, 1.807) is 25.3 Å². The molecule has 1 amide bonds. The lowest BCUT2D eigenvalue weighted by atomic mass is 10.2. The number of carbonyl (C=O) groups excluding carboxylic acids is 1. The average molecular weight is 463 g/mol. The van der Waals surface area contributed by atoms with Crippen molar-refractivity contribution in [1.29, 1.82) is 0 Å². The second kappa shape index (κ2) is 11.2. The van der Waals surface area contributed by atoms with Gasteiger partial charge < -0.3 is 19.5 Å². The Balaban J connectivity index is 1.68. The second-order valence-electron chi connectivity index (χ2n) is 7.44. The van der Waals surface area contributed by atoms with Crippen LogP contribution in [0.1, 0.15) is 36.0 Å². The van der Waals surface area contributed by atoms with Gasteiger partial charge >= 0.3 is 0 Å². The van der Waals surface area contributed by atoms with Crippen LogP contribution < -0.4 is 19.5 Å². The molecule has 0 saturated carbocycles. The van der Waals surface area contributed by atoms with E-state index in [4.69, 9.17) is 14.2 Å². The molecular weight excluding hydrogens is 432 g/mol. The van der Waals surface area contributed by atoms with Crippen LogP contribution in [0.25, 0.3) is 0 Å². The normalized spacial score (nSPS) is 14.9. The van der Waals surface area contributed by atoms with Crippen LogP contribution in [0, 0.1) is 0 Å². The number of para-hydroxylation sites is 2. The van der Waals surface area contributed by atoms with Crippen molar-refractivity contribution in [1.82, 2.24) is 9.62 Å². The van der Waals surface area contributed by atoms with Crippen LogP contribution in [-0.4, -0.2) is 59.1 Å². The molecule has 1 saturated heterocycles. The Labute approximate surface area is 189 Å². The van der Waals surface area contributed by atoms with Gasteiger partial charge in [-0.2, -0.15) is 4.31 Å². The van der Waals surface area contributed by atoms with Crippen LogP contribution in [-0.2, 0) is 10.0 Å². The van der Waals surface area contributed by atoms with E-state index in [1.807, 2.05) is 12.1 Å². The largest absolute Gasteiger partial charge is 0.495 e. The highest BCUT2D eigenvalue weighted by Crippen LogP contribution is 2.29. The van der Waals surface area contributed by atoms with Crippen molar-refractivity contribution in [3.05, 3.63) is 48.0 Å². The Morgan fingerprint density at radius 1 is 0.938 bits per heavy atom. The molecule has 0 bridgehead atoms. The van der Waals surface area contributed by atoms with Gasteiger partial charge in [-0.1, -0.05) is 25.0 Å². The lowest BCUT2D eigenvalue weighted by Crippen LogP contribution is -2.33. The van der Waals surface area contributed by atoms with Crippen LogP contribution in [0.15, 0.2) is 47.4 Å². The van der Waals surface area contributed by atoms with E-state index >= 15 is 0 Å². The van der Waals surface area contributed by atoms with Crippen LogP contribution in [0.3, 0.4) is 0 Å². The number of carbonyl (C=O) groups is 1. The van der Waals surface area contributed by atoms with Gasteiger partial charge in [0.1, 0.15) is 17.3 Å². The van der Waals surface area contributed by atoms with Crippen LogP contribution in [0.5, 0.6) is 17.2 Å².